The molecule has 7 heteroatoms. The normalized spacial score (nSPS) is 12.8. The Balaban J connectivity index is 1.46. The van der Waals surface area contributed by atoms with Gasteiger partial charge in [0.15, 0.2) is 0 Å². The number of benzene rings is 3. The number of hydrogen-bond acceptors (Lipinski definition) is 4. The molecular weight excluding hydrogens is 532 g/mol. The topological polar surface area (TPSA) is 102 Å². The number of carbonyl (C=O) groups excluding carboxylic acids is 1. The van der Waals surface area contributed by atoms with Crippen molar-refractivity contribution in [2.75, 3.05) is 0 Å². The maximum absolute atomic E-state index is 13.3. The van der Waals surface area contributed by atoms with Crippen molar-refractivity contribution in [3.05, 3.63) is 149 Å². The van der Waals surface area contributed by atoms with Crippen molar-refractivity contribution in [2.45, 2.75) is 51.0 Å². The first-order valence-electron chi connectivity index (χ1n) is 14.9. The van der Waals surface area contributed by atoms with Crippen molar-refractivity contribution in [3.8, 4) is 0 Å². The van der Waals surface area contributed by atoms with Gasteiger partial charge >= 0.3 is 0 Å². The molecule has 0 spiro atoms. The zero-order valence-corrected chi connectivity index (χ0v) is 24.4. The molecule has 6 rings (SSSR count). The molecule has 3 aromatic heterocycles. The fraction of sp³-hybridized carbons (Fsp3) is 0.222. The number of carbonyl (C=O) groups is 1. The van der Waals surface area contributed by atoms with E-state index in [0.717, 1.165) is 58.5 Å². The number of rotatable bonds is 12. The molecule has 43 heavy (non-hydrogen) atoms. The second kappa shape index (κ2) is 12.9. The van der Waals surface area contributed by atoms with Crippen LogP contribution in [-0.2, 0) is 37.0 Å². The van der Waals surface area contributed by atoms with E-state index in [1.807, 2.05) is 36.5 Å². The number of pyridine rings is 1. The van der Waals surface area contributed by atoms with Crippen molar-refractivity contribution in [1.82, 2.24) is 24.7 Å². The predicted octanol–water partition coefficient (Wildman–Crippen LogP) is 6.15. The molecule has 2 unspecified atom stereocenters. The van der Waals surface area contributed by atoms with Crippen LogP contribution < -0.4 is 5.73 Å². The van der Waals surface area contributed by atoms with Gasteiger partial charge in [-0.05, 0) is 59.2 Å². The molecule has 3 N–H and O–H groups in total. The lowest BCUT2D eigenvalue weighted by Crippen LogP contribution is -2.30. The number of nitrogens with one attached hydrogen (secondary N) is 1. The highest BCUT2D eigenvalue weighted by molar-refractivity contribution is 5.85. The Kier molecular flexibility index (Phi) is 8.40. The third-order valence-corrected chi connectivity index (χ3v) is 8.31. The van der Waals surface area contributed by atoms with Crippen molar-refractivity contribution in [1.29, 1.82) is 0 Å². The summed E-state index contributed by atoms with van der Waals surface area (Å²) in [5.74, 6) is 0.214. The van der Waals surface area contributed by atoms with Gasteiger partial charge < -0.3 is 15.3 Å². The number of amides is 1. The molecule has 0 aliphatic heterocycles. The zero-order valence-electron chi connectivity index (χ0n) is 24.4. The number of nitrogens with two attached hydrogens (primary N) is 1. The maximum atomic E-state index is 13.3. The zero-order chi connectivity index (χ0) is 29.6. The van der Waals surface area contributed by atoms with Gasteiger partial charge in [0.2, 0.25) is 5.91 Å². The molecule has 0 bridgehead atoms. The number of primary amides is 1. The summed E-state index contributed by atoms with van der Waals surface area (Å²) in [7, 11) is 0. The van der Waals surface area contributed by atoms with E-state index in [2.05, 4.69) is 82.1 Å². The van der Waals surface area contributed by atoms with E-state index in [4.69, 9.17) is 15.9 Å². The lowest BCUT2D eigenvalue weighted by Gasteiger charge is -2.25. The molecule has 0 aliphatic carbocycles. The van der Waals surface area contributed by atoms with E-state index < -0.39 is 11.8 Å². The predicted molar refractivity (Wildman–Crippen MR) is 170 cm³/mol. The summed E-state index contributed by atoms with van der Waals surface area (Å²) in [5, 5.41) is 10.7. The molecule has 3 heterocycles. The van der Waals surface area contributed by atoms with Crippen LogP contribution in [0.15, 0.2) is 110 Å². The van der Waals surface area contributed by atoms with E-state index in [0.29, 0.717) is 13.0 Å². The monoisotopic (exact) mass is 568 g/mol. The molecule has 216 valence electrons. The number of para-hydroxylation sites is 1. The molecule has 3 aromatic carbocycles. The quantitative estimate of drug-likeness (QED) is 0.185. The maximum Gasteiger partial charge on any atom is 0.225 e. The summed E-state index contributed by atoms with van der Waals surface area (Å²) in [4.78, 5) is 21.0. The number of aromatic amines is 1. The minimum atomic E-state index is -0.644. The number of aromatic nitrogens is 5. The van der Waals surface area contributed by atoms with Crippen LogP contribution in [0.25, 0.3) is 10.9 Å². The van der Waals surface area contributed by atoms with Crippen LogP contribution in [0, 0.1) is 0 Å². The van der Waals surface area contributed by atoms with Crippen LogP contribution in [0.4, 0.5) is 0 Å². The minimum absolute atomic E-state index is 0.367. The van der Waals surface area contributed by atoms with Crippen LogP contribution in [0.3, 0.4) is 0 Å². The molecule has 0 aliphatic rings. The van der Waals surface area contributed by atoms with Gasteiger partial charge in [0.25, 0.3) is 0 Å². The van der Waals surface area contributed by atoms with Crippen LogP contribution in [0.2, 0.25) is 0 Å². The van der Waals surface area contributed by atoms with Gasteiger partial charge in [-0.1, -0.05) is 85.8 Å². The van der Waals surface area contributed by atoms with E-state index in [9.17, 15) is 4.79 Å². The third-order valence-electron chi connectivity index (χ3n) is 8.31. The summed E-state index contributed by atoms with van der Waals surface area (Å²) in [6, 6.07) is 31.1. The molecule has 0 radical (unpaired) electrons. The molecule has 2 atom stereocenters. The summed E-state index contributed by atoms with van der Waals surface area (Å²) < 4.78 is 2.20. The van der Waals surface area contributed by atoms with Crippen LogP contribution in [0.1, 0.15) is 58.2 Å². The lowest BCUT2D eigenvalue weighted by atomic mass is 9.81. The Morgan fingerprint density at radius 2 is 1.63 bits per heavy atom. The molecular formula is C36H36N6O. The Labute approximate surface area is 251 Å². The number of aryl methyl sites for hydroxylation is 3. The molecule has 0 saturated heterocycles. The van der Waals surface area contributed by atoms with Crippen LogP contribution >= 0.6 is 0 Å². The highest BCUT2D eigenvalue weighted by atomic mass is 16.1. The lowest BCUT2D eigenvalue weighted by molar-refractivity contribution is -0.120. The standard InChI is InChI=1S/C36H36N6O/c1-2-25-14-16-27(17-15-25)24-42-33(19-18-26-9-4-3-5-10-26)40-41-36(42)31(34(35(37)43)28-11-8-20-38-22-28)21-29-23-39-32-13-7-6-12-30(29)32/h3-17,20,22-23,31,34,39H,2,18-19,21,24H2,1H3,(H2,37,43). The summed E-state index contributed by atoms with van der Waals surface area (Å²) in [5.41, 5.74) is 12.8. The number of hydrogen-bond donors (Lipinski definition) is 2. The summed E-state index contributed by atoms with van der Waals surface area (Å²) in [6.45, 7) is 2.76. The number of H-pyrrole nitrogens is 1. The first-order valence-corrected chi connectivity index (χ1v) is 14.9. The van der Waals surface area contributed by atoms with E-state index in [1.54, 1.807) is 12.4 Å². The average molecular weight is 569 g/mol. The van der Waals surface area contributed by atoms with Crippen LogP contribution in [0.5, 0.6) is 0 Å². The Morgan fingerprint density at radius 3 is 2.37 bits per heavy atom. The summed E-state index contributed by atoms with van der Waals surface area (Å²) in [6.07, 6.45) is 8.56. The first kappa shape index (κ1) is 28.1. The van der Waals surface area contributed by atoms with Gasteiger partial charge in [0.1, 0.15) is 11.6 Å². The second-order valence-electron chi connectivity index (χ2n) is 11.1. The first-order chi connectivity index (χ1) is 21.1. The van der Waals surface area contributed by atoms with Crippen molar-refractivity contribution < 1.29 is 4.79 Å². The fourth-order valence-corrected chi connectivity index (χ4v) is 5.99. The van der Waals surface area contributed by atoms with Crippen molar-refractivity contribution in [2.24, 2.45) is 5.73 Å². The summed E-state index contributed by atoms with van der Waals surface area (Å²) >= 11 is 0. The van der Waals surface area contributed by atoms with Gasteiger partial charge in [-0.25, -0.2) is 0 Å². The SMILES string of the molecule is CCc1ccc(Cn2c(CCc3ccccc3)nnc2C(Cc2c[nH]c3ccccc23)C(C(N)=O)c2cccnc2)cc1. The fourth-order valence-electron chi connectivity index (χ4n) is 5.99. The Hall–Kier alpha value is -5.04. The smallest absolute Gasteiger partial charge is 0.225 e. The third kappa shape index (κ3) is 6.26. The van der Waals surface area contributed by atoms with Gasteiger partial charge in [-0.15, -0.1) is 10.2 Å². The van der Waals surface area contributed by atoms with Gasteiger partial charge in [0, 0.05) is 41.8 Å². The molecule has 7 nitrogen and oxygen atoms in total. The Bertz CT molecular complexity index is 1790. The molecule has 6 aromatic rings. The second-order valence-corrected chi connectivity index (χ2v) is 11.1. The average Bonchev–Trinajstić information content (AvgIpc) is 3.64. The number of nitrogens with zero attached hydrogens (tertiary/aromatic N) is 4. The van der Waals surface area contributed by atoms with E-state index in [-0.39, 0.29) is 5.92 Å². The van der Waals surface area contributed by atoms with Crippen molar-refractivity contribution >= 4 is 16.8 Å². The van der Waals surface area contributed by atoms with Gasteiger partial charge in [-0.3, -0.25) is 9.78 Å². The van der Waals surface area contributed by atoms with Gasteiger partial charge in [-0.2, -0.15) is 0 Å². The van der Waals surface area contributed by atoms with Crippen molar-refractivity contribution in [3.63, 3.8) is 0 Å². The Morgan fingerprint density at radius 1 is 0.860 bits per heavy atom. The molecule has 1 amide bonds. The number of fused-ring (bicyclic) bond motifs is 1. The minimum Gasteiger partial charge on any atom is -0.369 e. The highest BCUT2D eigenvalue weighted by Crippen LogP contribution is 2.37. The van der Waals surface area contributed by atoms with Crippen LogP contribution in [-0.4, -0.2) is 30.6 Å². The molecule has 0 saturated carbocycles. The van der Waals surface area contributed by atoms with E-state index in [1.165, 1.54) is 11.1 Å². The largest absolute Gasteiger partial charge is 0.369 e. The highest BCUT2D eigenvalue weighted by Gasteiger charge is 2.35. The van der Waals surface area contributed by atoms with Gasteiger partial charge in [0.05, 0.1) is 12.5 Å². The molecule has 0 fully saturated rings. The van der Waals surface area contributed by atoms with E-state index >= 15 is 0 Å².